The highest BCUT2D eigenvalue weighted by molar-refractivity contribution is 5.18. The van der Waals surface area contributed by atoms with Gasteiger partial charge in [0.25, 0.3) is 0 Å². The predicted octanol–water partition coefficient (Wildman–Crippen LogP) is 3.75. The summed E-state index contributed by atoms with van der Waals surface area (Å²) in [6.07, 6.45) is 9.58. The van der Waals surface area contributed by atoms with E-state index in [9.17, 15) is 0 Å². The van der Waals surface area contributed by atoms with Gasteiger partial charge in [0.15, 0.2) is 0 Å². The molecule has 1 aromatic rings. The molecule has 88 valence electrons. The minimum absolute atomic E-state index is 0.0187. The molecule has 0 amide bonds. The third kappa shape index (κ3) is 3.33. The van der Waals surface area contributed by atoms with Crippen LogP contribution in [0, 0.1) is 0 Å². The maximum Gasteiger partial charge on any atom is 0.219 e. The van der Waals surface area contributed by atoms with Crippen molar-refractivity contribution in [3.05, 3.63) is 73.0 Å². The van der Waals surface area contributed by atoms with Gasteiger partial charge in [0, 0.05) is 0 Å². The van der Waals surface area contributed by atoms with Crippen LogP contribution in [0.1, 0.15) is 18.1 Å². The largest absolute Gasteiger partial charge is 0.469 e. The number of hydrogen-bond donors (Lipinski definition) is 0. The van der Waals surface area contributed by atoms with Crippen LogP contribution in [0.25, 0.3) is 0 Å². The molecule has 1 aliphatic heterocycles. The van der Waals surface area contributed by atoms with Gasteiger partial charge in [-0.3, -0.25) is 0 Å². The average Bonchev–Trinajstić information content (AvgIpc) is 2.40. The van der Waals surface area contributed by atoms with E-state index in [2.05, 4.69) is 18.7 Å². The lowest BCUT2D eigenvalue weighted by Crippen LogP contribution is -2.17. The maximum atomic E-state index is 5.89. The van der Waals surface area contributed by atoms with Crippen LogP contribution in [0.3, 0.4) is 0 Å². The number of ether oxygens (including phenoxy) is 2. The van der Waals surface area contributed by atoms with Crippen LogP contribution in [-0.2, 0) is 9.47 Å². The molecule has 2 unspecified atom stereocenters. The van der Waals surface area contributed by atoms with Crippen molar-refractivity contribution in [1.82, 2.24) is 0 Å². The molecule has 0 saturated carbocycles. The highest BCUT2D eigenvalue weighted by Gasteiger charge is 2.16. The highest BCUT2D eigenvalue weighted by atomic mass is 16.7. The Balaban J connectivity index is 2.05. The second-order valence-electron chi connectivity index (χ2n) is 3.78. The van der Waals surface area contributed by atoms with E-state index in [0.29, 0.717) is 0 Å². The first-order valence-corrected chi connectivity index (χ1v) is 5.70. The van der Waals surface area contributed by atoms with Gasteiger partial charge in [-0.05, 0) is 24.1 Å². The molecule has 0 fully saturated rings. The molecular weight excluding hydrogens is 212 g/mol. The summed E-state index contributed by atoms with van der Waals surface area (Å²) < 4.78 is 11.2. The summed E-state index contributed by atoms with van der Waals surface area (Å²) in [4.78, 5) is 0. The van der Waals surface area contributed by atoms with Crippen molar-refractivity contribution < 1.29 is 9.47 Å². The number of benzene rings is 1. The second kappa shape index (κ2) is 6.06. The Hall–Kier alpha value is -1.80. The Morgan fingerprint density at radius 2 is 2.12 bits per heavy atom. The van der Waals surface area contributed by atoms with Gasteiger partial charge in [0.1, 0.15) is 0 Å². The number of allylic oxidation sites excluding steroid dienone is 2. The van der Waals surface area contributed by atoms with Crippen LogP contribution in [0.4, 0.5) is 0 Å². The molecule has 0 aliphatic carbocycles. The quantitative estimate of drug-likeness (QED) is 0.715. The number of rotatable bonds is 5. The summed E-state index contributed by atoms with van der Waals surface area (Å²) in [6.45, 7) is 3.77. The van der Waals surface area contributed by atoms with Gasteiger partial charge in [-0.15, -0.1) is 6.58 Å². The van der Waals surface area contributed by atoms with Gasteiger partial charge < -0.3 is 9.47 Å². The van der Waals surface area contributed by atoms with Crippen molar-refractivity contribution in [3.8, 4) is 0 Å². The third-order valence-corrected chi connectivity index (χ3v) is 2.52. The fourth-order valence-corrected chi connectivity index (χ4v) is 1.70. The Bertz CT molecular complexity index is 406. The summed E-state index contributed by atoms with van der Waals surface area (Å²) in [6, 6.07) is 10.1. The van der Waals surface area contributed by atoms with Crippen LogP contribution in [0.5, 0.6) is 0 Å². The van der Waals surface area contributed by atoms with E-state index >= 15 is 0 Å². The first kappa shape index (κ1) is 11.7. The second-order valence-corrected chi connectivity index (χ2v) is 3.78. The molecule has 0 spiro atoms. The zero-order valence-electron chi connectivity index (χ0n) is 9.66. The van der Waals surface area contributed by atoms with Crippen molar-refractivity contribution in [1.29, 1.82) is 0 Å². The maximum absolute atomic E-state index is 5.89. The van der Waals surface area contributed by atoms with Gasteiger partial charge in [-0.2, -0.15) is 0 Å². The van der Waals surface area contributed by atoms with Gasteiger partial charge in [0.2, 0.25) is 6.29 Å². The molecule has 0 saturated heterocycles. The molecule has 1 aliphatic rings. The Morgan fingerprint density at radius 3 is 2.76 bits per heavy atom. The van der Waals surface area contributed by atoms with E-state index in [-0.39, 0.29) is 12.4 Å². The van der Waals surface area contributed by atoms with Crippen molar-refractivity contribution in [2.24, 2.45) is 0 Å². The molecule has 17 heavy (non-hydrogen) atoms. The van der Waals surface area contributed by atoms with E-state index in [1.165, 1.54) is 0 Å². The lowest BCUT2D eigenvalue weighted by Gasteiger charge is -2.23. The van der Waals surface area contributed by atoms with Crippen molar-refractivity contribution in [3.63, 3.8) is 0 Å². The van der Waals surface area contributed by atoms with Crippen molar-refractivity contribution in [2.45, 2.75) is 18.8 Å². The van der Waals surface area contributed by atoms with Crippen LogP contribution in [0.2, 0.25) is 0 Å². The first-order chi connectivity index (χ1) is 8.40. The van der Waals surface area contributed by atoms with Gasteiger partial charge in [-0.25, -0.2) is 0 Å². The average molecular weight is 228 g/mol. The molecule has 0 bridgehead atoms. The van der Waals surface area contributed by atoms with E-state index in [1.54, 1.807) is 6.26 Å². The van der Waals surface area contributed by atoms with Crippen LogP contribution < -0.4 is 0 Å². The van der Waals surface area contributed by atoms with Crippen LogP contribution in [0.15, 0.2) is 67.5 Å². The minimum Gasteiger partial charge on any atom is -0.469 e. The van der Waals surface area contributed by atoms with Crippen LogP contribution >= 0.6 is 0 Å². The van der Waals surface area contributed by atoms with Crippen molar-refractivity contribution >= 4 is 0 Å². The van der Waals surface area contributed by atoms with Gasteiger partial charge in [0.05, 0.1) is 12.4 Å². The predicted molar refractivity (Wildman–Crippen MR) is 68.2 cm³/mol. The molecule has 0 N–H and O–H groups in total. The first-order valence-electron chi connectivity index (χ1n) is 5.70. The molecule has 0 aromatic heterocycles. The lowest BCUT2D eigenvalue weighted by atomic mass is 10.1. The molecule has 1 heterocycles. The molecule has 0 radical (unpaired) electrons. The van der Waals surface area contributed by atoms with E-state index < -0.39 is 0 Å². The van der Waals surface area contributed by atoms with Gasteiger partial charge >= 0.3 is 0 Å². The van der Waals surface area contributed by atoms with E-state index in [0.717, 1.165) is 12.0 Å². The zero-order valence-corrected chi connectivity index (χ0v) is 9.66. The third-order valence-electron chi connectivity index (χ3n) is 2.52. The molecular formula is C15H16O2. The fourth-order valence-electron chi connectivity index (χ4n) is 1.70. The Morgan fingerprint density at radius 1 is 1.29 bits per heavy atom. The Kier molecular flexibility index (Phi) is 4.17. The topological polar surface area (TPSA) is 18.5 Å². The molecule has 2 atom stereocenters. The summed E-state index contributed by atoms with van der Waals surface area (Å²) >= 11 is 0. The van der Waals surface area contributed by atoms with E-state index in [4.69, 9.17) is 9.47 Å². The SMILES string of the molecule is C=CCC(OC1C=CC=CO1)c1ccccc1. The monoisotopic (exact) mass is 228 g/mol. The smallest absolute Gasteiger partial charge is 0.219 e. The summed E-state index contributed by atoms with van der Waals surface area (Å²) in [7, 11) is 0. The fraction of sp³-hybridized carbons (Fsp3) is 0.200. The van der Waals surface area contributed by atoms with Gasteiger partial charge in [-0.1, -0.05) is 42.5 Å². The Labute approximate surface area is 102 Å². The normalized spacial score (nSPS) is 19.6. The zero-order chi connectivity index (χ0) is 11.9. The lowest BCUT2D eigenvalue weighted by molar-refractivity contribution is -0.113. The van der Waals surface area contributed by atoms with Crippen molar-refractivity contribution in [2.75, 3.05) is 0 Å². The molecule has 1 aromatic carbocycles. The minimum atomic E-state index is -0.315. The summed E-state index contributed by atoms with van der Waals surface area (Å²) in [5.41, 5.74) is 1.14. The standard InChI is InChI=1S/C15H16O2/c1-2-8-14(13-9-4-3-5-10-13)17-15-11-6-7-12-16-15/h2-7,9-12,14-15H,1,8H2. The number of hydrogen-bond acceptors (Lipinski definition) is 2. The molecule has 2 heteroatoms. The summed E-state index contributed by atoms with van der Waals surface area (Å²) in [5, 5.41) is 0. The summed E-state index contributed by atoms with van der Waals surface area (Å²) in [5.74, 6) is 0. The van der Waals surface area contributed by atoms with E-state index in [1.807, 2.05) is 42.5 Å². The van der Waals surface area contributed by atoms with Crippen LogP contribution in [-0.4, -0.2) is 6.29 Å². The molecule has 2 rings (SSSR count). The molecule has 2 nitrogen and oxygen atoms in total. The highest BCUT2D eigenvalue weighted by Crippen LogP contribution is 2.24.